The summed E-state index contributed by atoms with van der Waals surface area (Å²) in [4.78, 5) is 12.5. The van der Waals surface area contributed by atoms with Crippen LogP contribution in [-0.2, 0) is 47.4 Å². The second kappa shape index (κ2) is 17.4. The Morgan fingerprint density at radius 1 is 0.667 bits per heavy atom. The van der Waals surface area contributed by atoms with E-state index in [0.717, 1.165) is 51.6 Å². The number of ether oxygens (including phenoxy) is 9. The van der Waals surface area contributed by atoms with Crippen molar-refractivity contribution in [2.45, 2.75) is 216 Å². The van der Waals surface area contributed by atoms with E-state index in [1.54, 1.807) is 0 Å². The SMILES string of the molecule is CC(=O)O[C@H]1CO[C@@H](O[C@@H]2C[C@H](O)C[C@@H]3CC[C@H]4[C@H]5C[C@@H]6O[C@]7(CC[C@@H](C)CO7)[C@@H](C)[C@@H]6[C@@]5(C)CC[C@@H]4[C@]32C)[C@H](O[C@@H]2O[C@@H](C)[C@H](O)[C@@H](O)[C@H]2O)[C@H]1O[C@@H]1O[C@@H](C)[C@H](O)[C@@H](O)[C@H]1O. The van der Waals surface area contributed by atoms with Crippen LogP contribution in [0.2, 0.25) is 0 Å². The molecule has 4 saturated carbocycles. The Hall–Kier alpha value is -1.13. The molecule has 63 heavy (non-hydrogen) atoms. The van der Waals surface area contributed by atoms with Gasteiger partial charge in [-0.15, -0.1) is 0 Å². The lowest BCUT2D eigenvalue weighted by Crippen LogP contribution is -2.66. The number of esters is 1. The van der Waals surface area contributed by atoms with Gasteiger partial charge in [-0.05, 0) is 105 Å². The first-order chi connectivity index (χ1) is 29.8. The number of hydrogen-bond donors (Lipinski definition) is 7. The molecule has 27 atom stereocenters. The molecule has 0 aromatic carbocycles. The Labute approximate surface area is 370 Å². The molecule has 0 amide bonds. The molecule has 360 valence electrons. The quantitative estimate of drug-likeness (QED) is 0.179. The summed E-state index contributed by atoms with van der Waals surface area (Å²) in [6, 6.07) is 0. The molecular weight excluding hydrogens is 824 g/mol. The monoisotopic (exact) mass is 898 g/mol. The van der Waals surface area contributed by atoms with Crippen LogP contribution in [-0.4, -0.2) is 165 Å². The smallest absolute Gasteiger partial charge is 0.303 e. The van der Waals surface area contributed by atoms with Crippen LogP contribution in [0.4, 0.5) is 0 Å². The number of carbonyl (C=O) groups is 1. The van der Waals surface area contributed by atoms with E-state index >= 15 is 0 Å². The Kier molecular flexibility index (Phi) is 13.0. The molecule has 1 spiro atoms. The minimum absolute atomic E-state index is 0.0829. The van der Waals surface area contributed by atoms with E-state index in [1.165, 1.54) is 20.8 Å². The molecule has 5 aliphatic heterocycles. The van der Waals surface area contributed by atoms with Gasteiger partial charge in [0.05, 0.1) is 43.7 Å². The van der Waals surface area contributed by atoms with Crippen molar-refractivity contribution in [1.82, 2.24) is 0 Å². The minimum Gasteiger partial charge on any atom is -0.457 e. The molecule has 7 N–H and O–H groups in total. The molecule has 0 bridgehead atoms. The van der Waals surface area contributed by atoms with E-state index in [9.17, 15) is 40.5 Å². The highest BCUT2D eigenvalue weighted by Crippen LogP contribution is 2.71. The van der Waals surface area contributed by atoms with Gasteiger partial charge in [0.1, 0.15) is 48.8 Å². The highest BCUT2D eigenvalue weighted by molar-refractivity contribution is 5.66. The van der Waals surface area contributed by atoms with Gasteiger partial charge in [-0.3, -0.25) is 4.79 Å². The lowest BCUT2D eigenvalue weighted by Gasteiger charge is -2.63. The number of aliphatic hydroxyl groups is 7. The molecular formula is C46H74O17. The van der Waals surface area contributed by atoms with Gasteiger partial charge >= 0.3 is 5.97 Å². The lowest BCUT2D eigenvalue weighted by atomic mass is 9.43. The zero-order valence-electron chi connectivity index (χ0n) is 37.8. The highest BCUT2D eigenvalue weighted by atomic mass is 16.8. The fraction of sp³-hybridized carbons (Fsp3) is 0.978. The number of rotatable bonds is 7. The van der Waals surface area contributed by atoms with Crippen molar-refractivity contribution >= 4 is 5.97 Å². The van der Waals surface area contributed by atoms with E-state index in [0.29, 0.717) is 36.5 Å². The lowest BCUT2D eigenvalue weighted by molar-refractivity contribution is -0.388. The average molecular weight is 899 g/mol. The molecule has 17 nitrogen and oxygen atoms in total. The third-order valence-electron chi connectivity index (χ3n) is 18.2. The van der Waals surface area contributed by atoms with Crippen molar-refractivity contribution in [3.63, 3.8) is 0 Å². The van der Waals surface area contributed by atoms with Gasteiger partial charge in [0.15, 0.2) is 30.8 Å². The van der Waals surface area contributed by atoms with Crippen molar-refractivity contribution in [2.75, 3.05) is 13.2 Å². The Morgan fingerprint density at radius 2 is 1.32 bits per heavy atom. The van der Waals surface area contributed by atoms with E-state index in [2.05, 4.69) is 27.7 Å². The second-order valence-corrected chi connectivity index (χ2v) is 21.7. The molecule has 0 unspecified atom stereocenters. The number of fused-ring (bicyclic) bond motifs is 7. The molecule has 0 aromatic heterocycles. The van der Waals surface area contributed by atoms with Gasteiger partial charge < -0.3 is 78.4 Å². The van der Waals surface area contributed by atoms with E-state index in [4.69, 9.17) is 42.6 Å². The number of aliphatic hydroxyl groups excluding tert-OH is 7. The summed E-state index contributed by atoms with van der Waals surface area (Å²) in [7, 11) is 0. The number of hydrogen-bond acceptors (Lipinski definition) is 17. The summed E-state index contributed by atoms with van der Waals surface area (Å²) in [6.07, 6.45) is -13.0. The molecule has 9 fully saturated rings. The Bertz CT molecular complexity index is 1630. The second-order valence-electron chi connectivity index (χ2n) is 21.7. The maximum absolute atomic E-state index is 12.5. The van der Waals surface area contributed by atoms with E-state index < -0.39 is 115 Å². The molecule has 5 heterocycles. The van der Waals surface area contributed by atoms with Crippen LogP contribution in [0.15, 0.2) is 0 Å². The number of carbonyl (C=O) groups excluding carboxylic acids is 1. The topological polar surface area (TPSA) is 242 Å². The molecule has 17 heteroatoms. The fourth-order valence-corrected chi connectivity index (χ4v) is 14.7. The van der Waals surface area contributed by atoms with E-state index in [1.807, 2.05) is 0 Å². The van der Waals surface area contributed by atoms with Gasteiger partial charge in [0.2, 0.25) is 0 Å². The molecule has 9 aliphatic rings. The van der Waals surface area contributed by atoms with Gasteiger partial charge in [0, 0.05) is 25.7 Å². The third kappa shape index (κ3) is 7.86. The van der Waals surface area contributed by atoms with Crippen LogP contribution >= 0.6 is 0 Å². The van der Waals surface area contributed by atoms with Crippen molar-refractivity contribution in [3.8, 4) is 0 Å². The first-order valence-corrected chi connectivity index (χ1v) is 23.9. The van der Waals surface area contributed by atoms with Crippen LogP contribution in [0, 0.1) is 52.3 Å². The van der Waals surface area contributed by atoms with Crippen molar-refractivity contribution < 1.29 is 83.2 Å². The maximum atomic E-state index is 12.5. The first-order valence-electron chi connectivity index (χ1n) is 23.9. The Balaban J connectivity index is 1.02. The van der Waals surface area contributed by atoms with Gasteiger partial charge in [-0.2, -0.15) is 0 Å². The summed E-state index contributed by atoms with van der Waals surface area (Å²) < 4.78 is 57.5. The fourth-order valence-electron chi connectivity index (χ4n) is 14.7. The normalized spacial score (nSPS) is 58.1. The van der Waals surface area contributed by atoms with Crippen LogP contribution in [0.5, 0.6) is 0 Å². The zero-order valence-corrected chi connectivity index (χ0v) is 37.8. The van der Waals surface area contributed by atoms with Gasteiger partial charge in [-0.25, -0.2) is 0 Å². The summed E-state index contributed by atoms with van der Waals surface area (Å²) in [6.45, 7) is 14.1. The molecule has 0 aromatic rings. The minimum atomic E-state index is -1.74. The zero-order chi connectivity index (χ0) is 45.1. The first kappa shape index (κ1) is 47.0. The predicted molar refractivity (Wildman–Crippen MR) is 218 cm³/mol. The predicted octanol–water partition coefficient (Wildman–Crippen LogP) is 1.50. The van der Waals surface area contributed by atoms with Crippen LogP contribution in [0.25, 0.3) is 0 Å². The highest BCUT2D eigenvalue weighted by Gasteiger charge is 2.70. The van der Waals surface area contributed by atoms with Crippen molar-refractivity contribution in [2.24, 2.45) is 52.3 Å². The molecule has 9 rings (SSSR count). The van der Waals surface area contributed by atoms with Crippen molar-refractivity contribution in [3.05, 3.63) is 0 Å². The summed E-state index contributed by atoms with van der Waals surface area (Å²) in [5.41, 5.74) is -0.331. The molecule has 4 aliphatic carbocycles. The summed E-state index contributed by atoms with van der Waals surface area (Å²) in [5, 5.41) is 76.3. The van der Waals surface area contributed by atoms with Crippen LogP contribution in [0.1, 0.15) is 106 Å². The maximum Gasteiger partial charge on any atom is 0.303 e. The average Bonchev–Trinajstić information content (AvgIpc) is 3.69. The van der Waals surface area contributed by atoms with E-state index in [-0.39, 0.29) is 35.9 Å². The standard InChI is InChI=1S/C46H74O17/c1-19-10-13-46(56-17-19)20(2)32-29(63-46)16-28-26-9-8-24-14-25(48)15-31(45(24,7)27(26)11-12-44(28,32)6)60-43-40(62-42-38(54)36(52)34(50)22(4)58-42)39(30(18-55-43)59-23(5)47)61-41-37(53)35(51)33(49)21(3)57-41/h19-22,24-43,48-54H,8-18H2,1-7H3/t19-,20+,21+,22+,24+,25-,26-,27+,28-,29+,30+,31-,32+,33+,34+,35-,36-,37-,38-,39+,40-,41+,42+,43+,44+,45+,46-/m1/s1. The summed E-state index contributed by atoms with van der Waals surface area (Å²) >= 11 is 0. The summed E-state index contributed by atoms with van der Waals surface area (Å²) in [5.74, 6) is 1.27. The molecule has 0 radical (unpaired) electrons. The van der Waals surface area contributed by atoms with Crippen LogP contribution < -0.4 is 0 Å². The van der Waals surface area contributed by atoms with Crippen molar-refractivity contribution in [1.29, 1.82) is 0 Å². The Morgan fingerprint density at radius 3 is 1.94 bits per heavy atom. The van der Waals surface area contributed by atoms with Gasteiger partial charge in [-0.1, -0.05) is 27.7 Å². The molecule has 5 saturated heterocycles. The van der Waals surface area contributed by atoms with Crippen LogP contribution in [0.3, 0.4) is 0 Å². The van der Waals surface area contributed by atoms with Gasteiger partial charge in [0.25, 0.3) is 0 Å². The largest absolute Gasteiger partial charge is 0.457 e. The third-order valence-corrected chi connectivity index (χ3v) is 18.2.